The van der Waals surface area contributed by atoms with E-state index < -0.39 is 5.97 Å². The quantitative estimate of drug-likeness (QED) is 0.787. The Balaban J connectivity index is 2.77. The number of anilines is 1. The van der Waals surface area contributed by atoms with Crippen molar-refractivity contribution in [3.63, 3.8) is 0 Å². The summed E-state index contributed by atoms with van der Waals surface area (Å²) in [6, 6.07) is 7.43. The van der Waals surface area contributed by atoms with Crippen LogP contribution in [0.25, 0.3) is 5.69 Å². The monoisotopic (exact) mass is 397 g/mol. The van der Waals surface area contributed by atoms with Crippen LogP contribution in [0.15, 0.2) is 33.3 Å². The zero-order valence-corrected chi connectivity index (χ0v) is 13.5. The lowest BCUT2D eigenvalue weighted by atomic mass is 10.2. The molecular formula is C13H9Br2N3O2. The van der Waals surface area contributed by atoms with Crippen LogP contribution < -0.4 is 5.73 Å². The molecule has 0 bridgehead atoms. The zero-order chi connectivity index (χ0) is 14.9. The number of benzene rings is 1. The van der Waals surface area contributed by atoms with E-state index in [2.05, 4.69) is 31.9 Å². The maximum atomic E-state index is 11.9. The lowest BCUT2D eigenvalue weighted by Crippen LogP contribution is -2.11. The molecule has 0 saturated heterocycles. The molecule has 1 heterocycles. The number of carbonyl (C=O) groups excluding carboxylic acids is 1. The van der Waals surface area contributed by atoms with Crippen molar-refractivity contribution in [2.45, 2.75) is 0 Å². The molecule has 0 unspecified atom stereocenters. The summed E-state index contributed by atoms with van der Waals surface area (Å²) in [5.74, 6) is -0.601. The van der Waals surface area contributed by atoms with Gasteiger partial charge in [0, 0.05) is 15.1 Å². The lowest BCUT2D eigenvalue weighted by molar-refractivity contribution is 0.0593. The Kier molecular flexibility index (Phi) is 4.16. The van der Waals surface area contributed by atoms with Gasteiger partial charge in [-0.3, -0.25) is 0 Å². The lowest BCUT2D eigenvalue weighted by Gasteiger charge is -2.10. The molecule has 20 heavy (non-hydrogen) atoms. The molecule has 2 rings (SSSR count). The number of carbonyl (C=O) groups is 1. The zero-order valence-electron chi connectivity index (χ0n) is 10.4. The number of esters is 1. The van der Waals surface area contributed by atoms with E-state index in [-0.39, 0.29) is 16.9 Å². The second-order valence-corrected chi connectivity index (χ2v) is 5.64. The fraction of sp³-hybridized carbons (Fsp3) is 0.0769. The number of nitrogen functional groups attached to an aromatic ring is 1. The minimum Gasteiger partial charge on any atom is -0.464 e. The molecule has 2 aromatic rings. The molecule has 0 aliphatic carbocycles. The first kappa shape index (κ1) is 14.6. The predicted octanol–water partition coefficient (Wildman–Crippen LogP) is 3.24. The van der Waals surface area contributed by atoms with E-state index in [1.54, 1.807) is 6.07 Å². The van der Waals surface area contributed by atoms with E-state index in [4.69, 9.17) is 15.7 Å². The van der Waals surface area contributed by atoms with Gasteiger partial charge in [0.25, 0.3) is 0 Å². The summed E-state index contributed by atoms with van der Waals surface area (Å²) < 4.78 is 7.85. The summed E-state index contributed by atoms with van der Waals surface area (Å²) in [6.45, 7) is 0. The van der Waals surface area contributed by atoms with Gasteiger partial charge in [-0.2, -0.15) is 5.26 Å². The highest BCUT2D eigenvalue weighted by atomic mass is 79.9. The summed E-state index contributed by atoms with van der Waals surface area (Å²) >= 11 is 6.78. The minimum atomic E-state index is -0.601. The third-order valence-corrected chi connectivity index (χ3v) is 3.88. The van der Waals surface area contributed by atoms with Crippen LogP contribution in [0.2, 0.25) is 0 Å². The van der Waals surface area contributed by atoms with E-state index in [1.807, 2.05) is 18.2 Å². The molecule has 102 valence electrons. The van der Waals surface area contributed by atoms with Crippen LogP contribution in [-0.4, -0.2) is 17.6 Å². The second kappa shape index (κ2) is 5.69. The first-order chi connectivity index (χ1) is 9.49. The van der Waals surface area contributed by atoms with Crippen LogP contribution >= 0.6 is 31.9 Å². The normalized spacial score (nSPS) is 10.1. The van der Waals surface area contributed by atoms with E-state index in [0.717, 1.165) is 8.95 Å². The second-order valence-electron chi connectivity index (χ2n) is 3.87. The predicted molar refractivity (Wildman–Crippen MR) is 81.6 cm³/mol. The maximum Gasteiger partial charge on any atom is 0.357 e. The Morgan fingerprint density at radius 3 is 2.75 bits per heavy atom. The van der Waals surface area contributed by atoms with Crippen LogP contribution in [0.4, 0.5) is 5.69 Å². The van der Waals surface area contributed by atoms with Crippen molar-refractivity contribution in [2.24, 2.45) is 0 Å². The number of hydrogen-bond acceptors (Lipinski definition) is 4. The van der Waals surface area contributed by atoms with Crippen molar-refractivity contribution in [3.05, 3.63) is 44.6 Å². The van der Waals surface area contributed by atoms with Gasteiger partial charge in [0.15, 0.2) is 5.69 Å². The molecule has 1 aromatic heterocycles. The number of methoxy groups -OCH3 is 1. The molecule has 0 fully saturated rings. The van der Waals surface area contributed by atoms with Gasteiger partial charge < -0.3 is 15.0 Å². The number of nitrogens with two attached hydrogens (primary N) is 1. The number of hydrogen-bond donors (Lipinski definition) is 1. The highest BCUT2D eigenvalue weighted by molar-refractivity contribution is 9.11. The number of nitrogens with zero attached hydrogens (tertiary/aromatic N) is 2. The molecule has 0 radical (unpaired) electrons. The molecular weight excluding hydrogens is 390 g/mol. The molecule has 0 aliphatic heterocycles. The van der Waals surface area contributed by atoms with Gasteiger partial charge in [0.05, 0.1) is 24.0 Å². The van der Waals surface area contributed by atoms with E-state index >= 15 is 0 Å². The average molecular weight is 399 g/mol. The van der Waals surface area contributed by atoms with Crippen molar-refractivity contribution in [2.75, 3.05) is 12.8 Å². The van der Waals surface area contributed by atoms with Crippen LogP contribution in [0.5, 0.6) is 0 Å². The van der Waals surface area contributed by atoms with Gasteiger partial charge in [-0.25, -0.2) is 4.79 Å². The van der Waals surface area contributed by atoms with Crippen LogP contribution in [0.3, 0.4) is 0 Å². The van der Waals surface area contributed by atoms with E-state index in [9.17, 15) is 4.79 Å². The molecule has 1 aromatic carbocycles. The first-order valence-electron chi connectivity index (χ1n) is 5.44. The third kappa shape index (κ3) is 2.44. The third-order valence-electron chi connectivity index (χ3n) is 2.71. The van der Waals surface area contributed by atoms with Gasteiger partial charge in [-0.1, -0.05) is 15.9 Å². The maximum absolute atomic E-state index is 11.9. The summed E-state index contributed by atoms with van der Waals surface area (Å²) in [6.07, 6.45) is 1.51. The summed E-state index contributed by atoms with van der Waals surface area (Å²) in [5, 5.41) is 9.07. The number of rotatable bonds is 2. The Labute approximate surface area is 132 Å². The van der Waals surface area contributed by atoms with Crippen molar-refractivity contribution in [1.29, 1.82) is 5.26 Å². The van der Waals surface area contributed by atoms with Gasteiger partial charge in [-0.15, -0.1) is 0 Å². The summed E-state index contributed by atoms with van der Waals surface area (Å²) in [5.41, 5.74) is 6.97. The van der Waals surface area contributed by atoms with Crippen molar-refractivity contribution < 1.29 is 9.53 Å². The molecule has 0 amide bonds. The van der Waals surface area contributed by atoms with Crippen LogP contribution in [-0.2, 0) is 4.74 Å². The molecule has 0 saturated carbocycles. The fourth-order valence-corrected chi connectivity index (χ4v) is 2.56. The fourth-order valence-electron chi connectivity index (χ4n) is 1.78. The highest BCUT2D eigenvalue weighted by Gasteiger charge is 2.22. The number of aromatic nitrogens is 1. The number of halogens is 2. The number of nitriles is 1. The Morgan fingerprint density at radius 1 is 1.45 bits per heavy atom. The highest BCUT2D eigenvalue weighted by Crippen LogP contribution is 2.30. The molecule has 7 heteroatoms. The van der Waals surface area contributed by atoms with Gasteiger partial charge in [0.1, 0.15) is 6.07 Å². The standard InChI is InChI=1S/C13H9Br2N3O2/c1-20-13(19)12-11(17)7(5-16)6-18(12)10-4-8(14)2-3-9(10)15/h2-4,6H,17H2,1H3. The Morgan fingerprint density at radius 2 is 2.15 bits per heavy atom. The Bertz CT molecular complexity index is 732. The topological polar surface area (TPSA) is 81.0 Å². The van der Waals surface area contributed by atoms with Gasteiger partial charge in [0.2, 0.25) is 0 Å². The molecule has 0 atom stereocenters. The average Bonchev–Trinajstić information content (AvgIpc) is 2.77. The number of ether oxygens (including phenoxy) is 1. The first-order valence-corrected chi connectivity index (χ1v) is 7.02. The van der Waals surface area contributed by atoms with Crippen molar-refractivity contribution >= 4 is 43.5 Å². The van der Waals surface area contributed by atoms with Gasteiger partial charge >= 0.3 is 5.97 Å². The SMILES string of the molecule is COC(=O)c1c(N)c(C#N)cn1-c1cc(Br)ccc1Br. The summed E-state index contributed by atoms with van der Waals surface area (Å²) in [4.78, 5) is 11.9. The smallest absolute Gasteiger partial charge is 0.357 e. The van der Waals surface area contributed by atoms with Crippen LogP contribution in [0.1, 0.15) is 16.1 Å². The summed E-state index contributed by atoms with van der Waals surface area (Å²) in [7, 11) is 1.26. The van der Waals surface area contributed by atoms with Crippen molar-refractivity contribution in [1.82, 2.24) is 4.57 Å². The van der Waals surface area contributed by atoms with Crippen LogP contribution in [0, 0.1) is 11.3 Å². The molecule has 2 N–H and O–H groups in total. The largest absolute Gasteiger partial charge is 0.464 e. The molecule has 5 nitrogen and oxygen atoms in total. The minimum absolute atomic E-state index is 0.103. The van der Waals surface area contributed by atoms with E-state index in [1.165, 1.54) is 17.9 Å². The van der Waals surface area contributed by atoms with Crippen molar-refractivity contribution in [3.8, 4) is 11.8 Å². The van der Waals surface area contributed by atoms with Gasteiger partial charge in [-0.05, 0) is 34.1 Å². The molecule has 0 aliphatic rings. The Hall–Kier alpha value is -1.78. The van der Waals surface area contributed by atoms with E-state index in [0.29, 0.717) is 5.69 Å². The molecule has 0 spiro atoms.